The Morgan fingerprint density at radius 3 is 2.37 bits per heavy atom. The highest BCUT2D eigenvalue weighted by Gasteiger charge is 2.21. The summed E-state index contributed by atoms with van der Waals surface area (Å²) in [5, 5.41) is 2.86. The van der Waals surface area contributed by atoms with E-state index in [0.29, 0.717) is 46.2 Å². The molecule has 0 unspecified atom stereocenters. The summed E-state index contributed by atoms with van der Waals surface area (Å²) < 4.78 is 11.2. The van der Waals surface area contributed by atoms with Crippen LogP contribution in [0.15, 0.2) is 46.9 Å². The van der Waals surface area contributed by atoms with Gasteiger partial charge in [-0.2, -0.15) is 0 Å². The number of hydrogen-bond donors (Lipinski definition) is 1. The third kappa shape index (κ3) is 5.83. The summed E-state index contributed by atoms with van der Waals surface area (Å²) in [5.41, 5.74) is 1.78. The van der Waals surface area contributed by atoms with Crippen molar-refractivity contribution in [2.24, 2.45) is 5.92 Å². The van der Waals surface area contributed by atoms with Crippen molar-refractivity contribution in [3.63, 3.8) is 0 Å². The van der Waals surface area contributed by atoms with Gasteiger partial charge in [0.05, 0.1) is 11.1 Å². The van der Waals surface area contributed by atoms with E-state index in [0.717, 1.165) is 25.9 Å². The summed E-state index contributed by atoms with van der Waals surface area (Å²) in [6, 6.07) is 12.2. The molecule has 3 rings (SSSR count). The number of carbonyl (C=O) groups is 2. The van der Waals surface area contributed by atoms with E-state index in [2.05, 4.69) is 28.2 Å². The zero-order chi connectivity index (χ0) is 21.5. The number of carbonyl (C=O) groups excluding carboxylic acids is 2. The topological polar surface area (TPSA) is 67.9 Å². The molecule has 7 heteroatoms. The number of benzene rings is 2. The molecule has 0 bridgehead atoms. The molecular weight excluding hydrogens is 448 g/mol. The number of likely N-dealkylation sites (tertiary alicyclic amines) is 1. The van der Waals surface area contributed by atoms with Gasteiger partial charge in [-0.05, 0) is 77.2 Å². The lowest BCUT2D eigenvalue weighted by Crippen LogP contribution is -2.37. The van der Waals surface area contributed by atoms with Crippen LogP contribution in [0.1, 0.15) is 40.5 Å². The van der Waals surface area contributed by atoms with Crippen LogP contribution in [0.25, 0.3) is 0 Å². The number of rotatable bonds is 7. The van der Waals surface area contributed by atoms with E-state index >= 15 is 0 Å². The van der Waals surface area contributed by atoms with Gasteiger partial charge in [0, 0.05) is 37.0 Å². The monoisotopic (exact) mass is 474 g/mol. The number of piperidine rings is 1. The van der Waals surface area contributed by atoms with Gasteiger partial charge in [-0.3, -0.25) is 9.59 Å². The minimum atomic E-state index is -0.233. The average Bonchev–Trinajstić information content (AvgIpc) is 2.75. The number of methoxy groups -OCH3 is 1. The SMILES string of the molecule is COCCOc1ccc(C(=O)Nc2ccc(C(=O)N3CCC(C)CC3)cc2)cc1Br. The van der Waals surface area contributed by atoms with Gasteiger partial charge >= 0.3 is 0 Å². The molecule has 160 valence electrons. The van der Waals surface area contributed by atoms with Crippen molar-refractivity contribution < 1.29 is 19.1 Å². The van der Waals surface area contributed by atoms with E-state index in [1.165, 1.54) is 0 Å². The number of ether oxygens (including phenoxy) is 2. The van der Waals surface area contributed by atoms with Crippen LogP contribution in [-0.2, 0) is 4.74 Å². The number of nitrogens with one attached hydrogen (secondary N) is 1. The van der Waals surface area contributed by atoms with E-state index in [-0.39, 0.29) is 11.8 Å². The second-order valence-electron chi connectivity index (χ2n) is 7.49. The van der Waals surface area contributed by atoms with Gasteiger partial charge in [0.1, 0.15) is 12.4 Å². The third-order valence-corrected chi connectivity index (χ3v) is 5.82. The fourth-order valence-electron chi connectivity index (χ4n) is 3.29. The van der Waals surface area contributed by atoms with Gasteiger partial charge < -0.3 is 19.7 Å². The fraction of sp³-hybridized carbons (Fsp3) is 0.391. The number of nitrogens with zero attached hydrogens (tertiary/aromatic N) is 1. The Balaban J connectivity index is 1.59. The number of amides is 2. The van der Waals surface area contributed by atoms with Gasteiger partial charge in [-0.1, -0.05) is 6.92 Å². The average molecular weight is 475 g/mol. The van der Waals surface area contributed by atoms with Crippen LogP contribution < -0.4 is 10.1 Å². The smallest absolute Gasteiger partial charge is 0.255 e. The van der Waals surface area contributed by atoms with Gasteiger partial charge in [0.15, 0.2) is 0 Å². The molecular formula is C23H27BrN2O4. The Hall–Kier alpha value is -2.38. The molecule has 1 fully saturated rings. The zero-order valence-corrected chi connectivity index (χ0v) is 18.9. The molecule has 0 atom stereocenters. The maximum atomic E-state index is 12.6. The molecule has 30 heavy (non-hydrogen) atoms. The first-order chi connectivity index (χ1) is 14.5. The third-order valence-electron chi connectivity index (χ3n) is 5.20. The van der Waals surface area contributed by atoms with Gasteiger partial charge in [0.2, 0.25) is 0 Å². The summed E-state index contributed by atoms with van der Waals surface area (Å²) in [5.74, 6) is 1.15. The fourth-order valence-corrected chi connectivity index (χ4v) is 3.78. The highest BCUT2D eigenvalue weighted by molar-refractivity contribution is 9.10. The van der Waals surface area contributed by atoms with E-state index in [1.54, 1.807) is 49.6 Å². The molecule has 1 aliphatic rings. The highest BCUT2D eigenvalue weighted by Crippen LogP contribution is 2.26. The Kier molecular flexibility index (Phi) is 7.87. The van der Waals surface area contributed by atoms with Crippen LogP contribution >= 0.6 is 15.9 Å². The van der Waals surface area contributed by atoms with Crippen molar-refractivity contribution in [3.8, 4) is 5.75 Å². The van der Waals surface area contributed by atoms with E-state index in [9.17, 15) is 9.59 Å². The quantitative estimate of drug-likeness (QED) is 0.595. The molecule has 6 nitrogen and oxygen atoms in total. The molecule has 1 aliphatic heterocycles. The lowest BCUT2D eigenvalue weighted by Gasteiger charge is -2.30. The van der Waals surface area contributed by atoms with Gasteiger partial charge in [-0.25, -0.2) is 0 Å². The maximum absolute atomic E-state index is 12.6. The number of anilines is 1. The first-order valence-electron chi connectivity index (χ1n) is 10.1. The van der Waals surface area contributed by atoms with Crippen molar-refractivity contribution in [2.75, 3.05) is 38.7 Å². The molecule has 0 aromatic heterocycles. The Morgan fingerprint density at radius 2 is 1.73 bits per heavy atom. The summed E-state index contributed by atoms with van der Waals surface area (Å²) in [4.78, 5) is 27.1. The molecule has 1 saturated heterocycles. The largest absolute Gasteiger partial charge is 0.490 e. The van der Waals surface area contributed by atoms with Crippen molar-refractivity contribution in [2.45, 2.75) is 19.8 Å². The normalized spacial score (nSPS) is 14.4. The minimum absolute atomic E-state index is 0.0489. The lowest BCUT2D eigenvalue weighted by atomic mass is 9.98. The van der Waals surface area contributed by atoms with Gasteiger partial charge in [0.25, 0.3) is 11.8 Å². The predicted octanol–water partition coefficient (Wildman–Crippen LogP) is 4.60. The second kappa shape index (κ2) is 10.6. The van der Waals surface area contributed by atoms with E-state index in [4.69, 9.17) is 9.47 Å². The van der Waals surface area contributed by atoms with E-state index < -0.39 is 0 Å². The molecule has 2 aromatic carbocycles. The summed E-state index contributed by atoms with van der Waals surface area (Å²) >= 11 is 3.43. The first-order valence-corrected chi connectivity index (χ1v) is 10.9. The van der Waals surface area contributed by atoms with E-state index in [1.807, 2.05) is 4.90 Å². The van der Waals surface area contributed by atoms with Crippen molar-refractivity contribution in [1.29, 1.82) is 0 Å². The van der Waals surface area contributed by atoms with Crippen molar-refractivity contribution >= 4 is 33.4 Å². The standard InChI is InChI=1S/C23H27BrN2O4/c1-16-9-11-26(12-10-16)23(28)17-3-6-19(7-4-17)25-22(27)18-5-8-21(20(24)15-18)30-14-13-29-2/h3-8,15-16H,9-14H2,1-2H3,(H,25,27). The van der Waals surface area contributed by atoms with Crippen LogP contribution in [-0.4, -0.2) is 50.1 Å². The summed E-state index contributed by atoms with van der Waals surface area (Å²) in [6.45, 7) is 4.75. The zero-order valence-electron chi connectivity index (χ0n) is 17.3. The molecule has 1 N–H and O–H groups in total. The molecule has 2 amide bonds. The van der Waals surface area contributed by atoms with Crippen LogP contribution in [0.2, 0.25) is 0 Å². The van der Waals surface area contributed by atoms with Crippen molar-refractivity contribution in [3.05, 3.63) is 58.1 Å². The molecule has 2 aromatic rings. The number of hydrogen-bond acceptors (Lipinski definition) is 4. The Morgan fingerprint density at radius 1 is 1.07 bits per heavy atom. The maximum Gasteiger partial charge on any atom is 0.255 e. The second-order valence-corrected chi connectivity index (χ2v) is 8.35. The number of halogens is 1. The van der Waals surface area contributed by atoms with Crippen molar-refractivity contribution in [1.82, 2.24) is 4.90 Å². The molecule has 0 aliphatic carbocycles. The van der Waals surface area contributed by atoms with Gasteiger partial charge in [-0.15, -0.1) is 0 Å². The minimum Gasteiger partial charge on any atom is -0.490 e. The summed E-state index contributed by atoms with van der Waals surface area (Å²) in [7, 11) is 1.61. The molecule has 1 heterocycles. The van der Waals surface area contributed by atoms with Crippen LogP contribution in [0, 0.1) is 5.92 Å². The Bertz CT molecular complexity index is 877. The highest BCUT2D eigenvalue weighted by atomic mass is 79.9. The van der Waals surface area contributed by atoms with Crippen LogP contribution in [0.5, 0.6) is 5.75 Å². The Labute approximate surface area is 185 Å². The predicted molar refractivity (Wildman–Crippen MR) is 120 cm³/mol. The first kappa shape index (κ1) is 22.3. The molecule has 0 spiro atoms. The van der Waals surface area contributed by atoms with Crippen LogP contribution in [0.3, 0.4) is 0 Å². The molecule has 0 radical (unpaired) electrons. The van der Waals surface area contributed by atoms with Crippen LogP contribution in [0.4, 0.5) is 5.69 Å². The summed E-state index contributed by atoms with van der Waals surface area (Å²) in [6.07, 6.45) is 2.09. The molecule has 0 saturated carbocycles. The lowest BCUT2D eigenvalue weighted by molar-refractivity contribution is 0.0697.